The van der Waals surface area contributed by atoms with E-state index < -0.39 is 0 Å². The lowest BCUT2D eigenvalue weighted by Crippen LogP contribution is -2.27. The van der Waals surface area contributed by atoms with Crippen LogP contribution in [-0.2, 0) is 19.3 Å². The summed E-state index contributed by atoms with van der Waals surface area (Å²) in [6.45, 7) is 1.56. The van der Waals surface area contributed by atoms with Gasteiger partial charge in [-0.3, -0.25) is 4.79 Å². The maximum Gasteiger partial charge on any atom is 0.255 e. The van der Waals surface area contributed by atoms with Crippen molar-refractivity contribution in [1.82, 2.24) is 5.32 Å². The van der Waals surface area contributed by atoms with Crippen molar-refractivity contribution in [1.29, 1.82) is 0 Å². The fraction of sp³-hybridized carbons (Fsp3) is 0.316. The number of amides is 1. The zero-order valence-electron chi connectivity index (χ0n) is 13.2. The fourth-order valence-electron chi connectivity index (χ4n) is 3.33. The van der Waals surface area contributed by atoms with Crippen LogP contribution in [-0.4, -0.2) is 25.7 Å². The Bertz CT molecular complexity index is 771. The lowest BCUT2D eigenvalue weighted by molar-refractivity contribution is 0.0950. The highest BCUT2D eigenvalue weighted by molar-refractivity contribution is 6.00. The van der Waals surface area contributed by atoms with Gasteiger partial charge in [-0.05, 0) is 24.1 Å². The predicted octanol–water partition coefficient (Wildman–Crippen LogP) is 2.67. The van der Waals surface area contributed by atoms with Gasteiger partial charge in [0, 0.05) is 30.5 Å². The molecular formula is C19H18FNO3. The highest BCUT2D eigenvalue weighted by Gasteiger charge is 2.30. The summed E-state index contributed by atoms with van der Waals surface area (Å²) in [7, 11) is 0. The molecule has 5 heteroatoms. The molecule has 0 aromatic heterocycles. The van der Waals surface area contributed by atoms with Crippen LogP contribution in [0.1, 0.15) is 27.0 Å². The molecule has 4 nitrogen and oxygen atoms in total. The number of fused-ring (bicyclic) bond motifs is 2. The zero-order valence-corrected chi connectivity index (χ0v) is 13.2. The van der Waals surface area contributed by atoms with Crippen LogP contribution >= 0.6 is 0 Å². The molecular weight excluding hydrogens is 309 g/mol. The molecule has 2 heterocycles. The summed E-state index contributed by atoms with van der Waals surface area (Å²) >= 11 is 0. The topological polar surface area (TPSA) is 47.6 Å². The SMILES string of the molecule is O=C(NCCc1ccccc1F)c1c2c(cc3c1OCC3)OCC2. The number of rotatable bonds is 4. The fourth-order valence-corrected chi connectivity index (χ4v) is 3.33. The Morgan fingerprint density at radius 2 is 2.00 bits per heavy atom. The molecule has 0 bridgehead atoms. The Kier molecular flexibility index (Phi) is 3.84. The van der Waals surface area contributed by atoms with E-state index in [4.69, 9.17) is 9.47 Å². The minimum atomic E-state index is -0.245. The van der Waals surface area contributed by atoms with Crippen LogP contribution in [0.5, 0.6) is 11.5 Å². The molecule has 124 valence electrons. The van der Waals surface area contributed by atoms with Crippen molar-refractivity contribution >= 4 is 5.91 Å². The third-order valence-electron chi connectivity index (χ3n) is 4.52. The molecule has 0 fully saturated rings. The van der Waals surface area contributed by atoms with Crippen LogP contribution in [0.15, 0.2) is 30.3 Å². The van der Waals surface area contributed by atoms with Crippen LogP contribution in [0.3, 0.4) is 0 Å². The standard InChI is InChI=1S/C19H18FNO3/c20-15-4-2-1-3-12(15)5-8-21-19(22)17-14-7-10-23-16(14)11-13-6-9-24-18(13)17/h1-4,11H,5-10H2,(H,21,22). The summed E-state index contributed by atoms with van der Waals surface area (Å²) in [6, 6.07) is 8.60. The highest BCUT2D eigenvalue weighted by Crippen LogP contribution is 2.40. The van der Waals surface area contributed by atoms with E-state index in [1.54, 1.807) is 18.2 Å². The number of carbonyl (C=O) groups is 1. The lowest BCUT2D eigenvalue weighted by Gasteiger charge is -2.13. The number of carbonyl (C=O) groups excluding carboxylic acids is 1. The second-order valence-corrected chi connectivity index (χ2v) is 6.01. The van der Waals surface area contributed by atoms with Gasteiger partial charge in [0.15, 0.2) is 0 Å². The maximum atomic E-state index is 13.6. The van der Waals surface area contributed by atoms with Crippen molar-refractivity contribution < 1.29 is 18.7 Å². The van der Waals surface area contributed by atoms with Crippen molar-refractivity contribution in [2.75, 3.05) is 19.8 Å². The molecule has 0 spiro atoms. The number of nitrogens with one attached hydrogen (secondary N) is 1. The van der Waals surface area contributed by atoms with Crippen LogP contribution in [0.25, 0.3) is 0 Å². The molecule has 0 atom stereocenters. The second-order valence-electron chi connectivity index (χ2n) is 6.01. The van der Waals surface area contributed by atoms with Crippen molar-refractivity contribution in [3.05, 3.63) is 58.4 Å². The van der Waals surface area contributed by atoms with E-state index in [0.29, 0.717) is 49.5 Å². The average molecular weight is 327 g/mol. The van der Waals surface area contributed by atoms with Gasteiger partial charge in [-0.1, -0.05) is 18.2 Å². The van der Waals surface area contributed by atoms with Crippen molar-refractivity contribution in [2.24, 2.45) is 0 Å². The number of ether oxygens (including phenoxy) is 2. The lowest BCUT2D eigenvalue weighted by atomic mass is 9.99. The van der Waals surface area contributed by atoms with Gasteiger partial charge in [0.1, 0.15) is 17.3 Å². The Balaban J connectivity index is 1.52. The van der Waals surface area contributed by atoms with Gasteiger partial charge in [0.05, 0.1) is 18.8 Å². The maximum absolute atomic E-state index is 13.6. The molecule has 0 saturated carbocycles. The number of benzene rings is 2. The Morgan fingerprint density at radius 3 is 2.88 bits per heavy atom. The van der Waals surface area contributed by atoms with Crippen molar-refractivity contribution in [2.45, 2.75) is 19.3 Å². The van der Waals surface area contributed by atoms with Gasteiger partial charge < -0.3 is 14.8 Å². The molecule has 2 aromatic carbocycles. The quantitative estimate of drug-likeness (QED) is 0.939. The molecule has 0 aliphatic carbocycles. The number of halogens is 1. The summed E-state index contributed by atoms with van der Waals surface area (Å²) in [5.74, 6) is 1.05. The van der Waals surface area contributed by atoms with Gasteiger partial charge in [0.2, 0.25) is 0 Å². The van der Waals surface area contributed by atoms with E-state index in [1.165, 1.54) is 6.07 Å². The van der Waals surface area contributed by atoms with E-state index in [0.717, 1.165) is 23.3 Å². The Morgan fingerprint density at radius 1 is 1.17 bits per heavy atom. The first kappa shape index (κ1) is 15.0. The molecule has 1 amide bonds. The van der Waals surface area contributed by atoms with E-state index >= 15 is 0 Å². The minimum Gasteiger partial charge on any atom is -0.493 e. The molecule has 4 rings (SSSR count). The van der Waals surface area contributed by atoms with Gasteiger partial charge in [-0.25, -0.2) is 4.39 Å². The first-order valence-electron chi connectivity index (χ1n) is 8.20. The van der Waals surface area contributed by atoms with Crippen molar-refractivity contribution in [3.8, 4) is 11.5 Å². The van der Waals surface area contributed by atoms with Crippen molar-refractivity contribution in [3.63, 3.8) is 0 Å². The van der Waals surface area contributed by atoms with E-state index in [2.05, 4.69) is 5.32 Å². The molecule has 2 aliphatic heterocycles. The molecule has 2 aliphatic rings. The van der Waals surface area contributed by atoms with Crippen LogP contribution in [0, 0.1) is 5.82 Å². The first-order valence-corrected chi connectivity index (χ1v) is 8.20. The summed E-state index contributed by atoms with van der Waals surface area (Å²) in [5.41, 5.74) is 3.13. The summed E-state index contributed by atoms with van der Waals surface area (Å²) in [4.78, 5) is 12.7. The van der Waals surface area contributed by atoms with Gasteiger partial charge in [-0.2, -0.15) is 0 Å². The number of hydrogen-bond donors (Lipinski definition) is 1. The third kappa shape index (κ3) is 2.60. The molecule has 0 unspecified atom stereocenters. The molecule has 0 radical (unpaired) electrons. The zero-order chi connectivity index (χ0) is 16.5. The number of hydrogen-bond acceptors (Lipinski definition) is 3. The normalized spacial score (nSPS) is 14.5. The van der Waals surface area contributed by atoms with Gasteiger partial charge in [0.25, 0.3) is 5.91 Å². The smallest absolute Gasteiger partial charge is 0.255 e. The Labute approximate surface area is 139 Å². The molecule has 24 heavy (non-hydrogen) atoms. The van der Waals surface area contributed by atoms with E-state index in [-0.39, 0.29) is 11.7 Å². The van der Waals surface area contributed by atoms with E-state index in [1.807, 2.05) is 6.07 Å². The van der Waals surface area contributed by atoms with Gasteiger partial charge in [-0.15, -0.1) is 0 Å². The first-order chi connectivity index (χ1) is 11.7. The average Bonchev–Trinajstić information content (AvgIpc) is 3.22. The van der Waals surface area contributed by atoms with Crippen LogP contribution in [0.2, 0.25) is 0 Å². The monoisotopic (exact) mass is 327 g/mol. The largest absolute Gasteiger partial charge is 0.493 e. The Hall–Kier alpha value is -2.56. The molecule has 1 N–H and O–H groups in total. The van der Waals surface area contributed by atoms with E-state index in [9.17, 15) is 9.18 Å². The summed E-state index contributed by atoms with van der Waals surface area (Å²) < 4.78 is 24.9. The summed E-state index contributed by atoms with van der Waals surface area (Å²) in [6.07, 6.45) is 1.95. The third-order valence-corrected chi connectivity index (χ3v) is 4.52. The predicted molar refractivity (Wildman–Crippen MR) is 87.3 cm³/mol. The molecule has 2 aromatic rings. The van der Waals surface area contributed by atoms with Crippen LogP contribution in [0.4, 0.5) is 4.39 Å². The minimum absolute atomic E-state index is 0.174. The van der Waals surface area contributed by atoms with Crippen LogP contribution < -0.4 is 14.8 Å². The van der Waals surface area contributed by atoms with Gasteiger partial charge >= 0.3 is 0 Å². The summed E-state index contributed by atoms with van der Waals surface area (Å²) in [5, 5.41) is 2.89. The highest BCUT2D eigenvalue weighted by atomic mass is 19.1. The molecule has 0 saturated heterocycles. The second kappa shape index (κ2) is 6.15.